The summed E-state index contributed by atoms with van der Waals surface area (Å²) in [7, 11) is 0. The third-order valence-corrected chi connectivity index (χ3v) is 5.41. The third-order valence-electron chi connectivity index (χ3n) is 4.37. The highest BCUT2D eigenvalue weighted by atomic mass is 32.1. The number of aromatic nitrogens is 1. The summed E-state index contributed by atoms with van der Waals surface area (Å²) in [6, 6.07) is 6.07. The molecule has 0 aliphatic carbocycles. The van der Waals surface area contributed by atoms with Gasteiger partial charge in [0, 0.05) is 26.1 Å². The van der Waals surface area contributed by atoms with Crippen molar-refractivity contribution in [1.29, 1.82) is 0 Å². The number of hydrogen-bond acceptors (Lipinski definition) is 4. The summed E-state index contributed by atoms with van der Waals surface area (Å²) in [5.74, 6) is -0.190. The molecule has 1 fully saturated rings. The molecule has 2 aromatic rings. The summed E-state index contributed by atoms with van der Waals surface area (Å²) in [5, 5.41) is 0.699. The predicted molar refractivity (Wildman–Crippen MR) is 90.5 cm³/mol. The maximum atomic E-state index is 12.5. The Balaban J connectivity index is 1.56. The minimum atomic E-state index is -0.254. The van der Waals surface area contributed by atoms with Crippen molar-refractivity contribution in [3.05, 3.63) is 35.9 Å². The summed E-state index contributed by atoms with van der Waals surface area (Å²) in [4.78, 5) is 32.9. The van der Waals surface area contributed by atoms with Crippen LogP contribution >= 0.6 is 11.3 Å². The topological polar surface area (TPSA) is 53.5 Å². The number of carbonyl (C=O) groups is 2. The van der Waals surface area contributed by atoms with Crippen LogP contribution in [0.15, 0.2) is 30.4 Å². The molecule has 3 heterocycles. The summed E-state index contributed by atoms with van der Waals surface area (Å²) < 4.78 is 1.08. The van der Waals surface area contributed by atoms with Crippen LogP contribution in [-0.4, -0.2) is 41.3 Å². The maximum Gasteiger partial charge on any atom is 0.229 e. The van der Waals surface area contributed by atoms with Crippen LogP contribution in [-0.2, 0) is 9.59 Å². The van der Waals surface area contributed by atoms with E-state index in [2.05, 4.69) is 11.1 Å². The normalized spacial score (nSPS) is 20.9. The number of thiazole rings is 1. The van der Waals surface area contributed by atoms with Crippen LogP contribution in [0.2, 0.25) is 0 Å². The smallest absolute Gasteiger partial charge is 0.229 e. The molecule has 118 valence electrons. The average Bonchev–Trinajstić information content (AvgIpc) is 3.24. The first-order chi connectivity index (χ1) is 11.1. The van der Waals surface area contributed by atoms with E-state index in [4.69, 9.17) is 0 Å². The van der Waals surface area contributed by atoms with E-state index in [1.54, 1.807) is 9.80 Å². The van der Waals surface area contributed by atoms with Crippen molar-refractivity contribution in [3.8, 4) is 0 Å². The molecule has 1 aromatic carbocycles. The van der Waals surface area contributed by atoms with Crippen LogP contribution in [0.5, 0.6) is 0 Å². The number of aryl methyl sites for hydroxylation is 1. The fourth-order valence-electron chi connectivity index (χ4n) is 3.11. The van der Waals surface area contributed by atoms with E-state index in [0.29, 0.717) is 24.8 Å². The number of rotatable bonds is 2. The monoisotopic (exact) mass is 327 g/mol. The average molecular weight is 327 g/mol. The Hall–Kier alpha value is -2.21. The van der Waals surface area contributed by atoms with Gasteiger partial charge in [-0.2, -0.15) is 0 Å². The fraction of sp³-hybridized carbons (Fsp3) is 0.353. The van der Waals surface area contributed by atoms with Crippen molar-refractivity contribution in [2.24, 2.45) is 5.92 Å². The van der Waals surface area contributed by atoms with Gasteiger partial charge < -0.3 is 4.90 Å². The van der Waals surface area contributed by atoms with Crippen molar-refractivity contribution in [1.82, 2.24) is 9.88 Å². The van der Waals surface area contributed by atoms with Crippen molar-refractivity contribution in [2.75, 3.05) is 24.5 Å². The van der Waals surface area contributed by atoms with Gasteiger partial charge in [0.2, 0.25) is 11.8 Å². The van der Waals surface area contributed by atoms with Crippen molar-refractivity contribution in [3.63, 3.8) is 0 Å². The van der Waals surface area contributed by atoms with Gasteiger partial charge in [0.1, 0.15) is 0 Å². The van der Waals surface area contributed by atoms with E-state index in [0.717, 1.165) is 10.2 Å². The molecule has 1 atom stereocenters. The standard InChI is InChI=1S/C17H17N3O2S/c1-11-4-5-13-14(8-11)23-17(18-13)20-10-12(9-15(20)21)16(22)19-6-2-3-7-19/h2-5,8,12H,6-7,9-10H2,1H3. The lowest BCUT2D eigenvalue weighted by Gasteiger charge is -2.19. The maximum absolute atomic E-state index is 12.5. The van der Waals surface area contributed by atoms with Crippen LogP contribution in [0.4, 0.5) is 5.13 Å². The van der Waals surface area contributed by atoms with Gasteiger partial charge in [0.15, 0.2) is 5.13 Å². The quantitative estimate of drug-likeness (QED) is 0.796. The highest BCUT2D eigenvalue weighted by Crippen LogP contribution is 2.33. The van der Waals surface area contributed by atoms with E-state index in [9.17, 15) is 9.59 Å². The Bertz CT molecular complexity index is 818. The molecule has 1 aromatic heterocycles. The Morgan fingerprint density at radius 2 is 2.09 bits per heavy atom. The zero-order chi connectivity index (χ0) is 16.0. The van der Waals surface area contributed by atoms with Gasteiger partial charge in [0.25, 0.3) is 0 Å². The second-order valence-corrected chi connectivity index (χ2v) is 7.10. The van der Waals surface area contributed by atoms with Crippen LogP contribution in [0.25, 0.3) is 10.2 Å². The number of hydrogen-bond donors (Lipinski definition) is 0. The van der Waals surface area contributed by atoms with Crippen molar-refractivity contribution in [2.45, 2.75) is 13.3 Å². The van der Waals surface area contributed by atoms with Gasteiger partial charge in [-0.1, -0.05) is 29.6 Å². The van der Waals surface area contributed by atoms with Crippen LogP contribution in [0.1, 0.15) is 12.0 Å². The van der Waals surface area contributed by atoms with E-state index < -0.39 is 0 Å². The highest BCUT2D eigenvalue weighted by molar-refractivity contribution is 7.22. The van der Waals surface area contributed by atoms with Gasteiger partial charge in [-0.15, -0.1) is 0 Å². The van der Waals surface area contributed by atoms with Crippen LogP contribution in [0.3, 0.4) is 0 Å². The molecule has 0 spiro atoms. The lowest BCUT2D eigenvalue weighted by molar-refractivity contribution is -0.134. The van der Waals surface area contributed by atoms with E-state index in [1.807, 2.05) is 31.2 Å². The lowest BCUT2D eigenvalue weighted by Crippen LogP contribution is -2.35. The molecule has 6 heteroatoms. The molecular formula is C17H17N3O2S. The van der Waals surface area contributed by atoms with Gasteiger partial charge in [0.05, 0.1) is 16.1 Å². The zero-order valence-corrected chi connectivity index (χ0v) is 13.7. The minimum absolute atomic E-state index is 0.00807. The molecule has 0 radical (unpaired) electrons. The fourth-order valence-corrected chi connectivity index (χ4v) is 4.20. The highest BCUT2D eigenvalue weighted by Gasteiger charge is 2.38. The Morgan fingerprint density at radius 1 is 1.30 bits per heavy atom. The van der Waals surface area contributed by atoms with Gasteiger partial charge in [-0.25, -0.2) is 4.98 Å². The molecular weight excluding hydrogens is 310 g/mol. The molecule has 2 amide bonds. The van der Waals surface area contributed by atoms with E-state index in [-0.39, 0.29) is 24.2 Å². The number of nitrogens with zero attached hydrogens (tertiary/aromatic N) is 3. The number of carbonyl (C=O) groups excluding carboxylic acids is 2. The minimum Gasteiger partial charge on any atom is -0.335 e. The van der Waals surface area contributed by atoms with E-state index in [1.165, 1.54) is 16.9 Å². The first-order valence-corrected chi connectivity index (χ1v) is 8.55. The molecule has 4 rings (SSSR count). The van der Waals surface area contributed by atoms with Crippen LogP contribution < -0.4 is 4.90 Å². The van der Waals surface area contributed by atoms with Crippen molar-refractivity contribution >= 4 is 38.5 Å². The second-order valence-electron chi connectivity index (χ2n) is 6.09. The predicted octanol–water partition coefficient (Wildman–Crippen LogP) is 2.36. The van der Waals surface area contributed by atoms with E-state index >= 15 is 0 Å². The second kappa shape index (κ2) is 5.45. The summed E-state index contributed by atoms with van der Waals surface area (Å²) in [6.45, 7) is 3.79. The molecule has 0 bridgehead atoms. The summed E-state index contributed by atoms with van der Waals surface area (Å²) in [5.41, 5.74) is 2.08. The molecule has 0 saturated carbocycles. The first kappa shape index (κ1) is 14.4. The molecule has 0 N–H and O–H groups in total. The van der Waals surface area contributed by atoms with Gasteiger partial charge >= 0.3 is 0 Å². The SMILES string of the molecule is Cc1ccc2nc(N3CC(C(=O)N4CC=CC4)CC3=O)sc2c1. The Labute approximate surface area is 138 Å². The number of benzene rings is 1. The lowest BCUT2D eigenvalue weighted by atomic mass is 10.1. The summed E-state index contributed by atoms with van der Waals surface area (Å²) in [6.07, 6.45) is 4.26. The van der Waals surface area contributed by atoms with Gasteiger partial charge in [-0.3, -0.25) is 14.5 Å². The molecule has 1 saturated heterocycles. The zero-order valence-electron chi connectivity index (χ0n) is 12.9. The molecule has 5 nitrogen and oxygen atoms in total. The molecule has 23 heavy (non-hydrogen) atoms. The molecule has 2 aliphatic rings. The molecule has 2 aliphatic heterocycles. The number of anilines is 1. The summed E-state index contributed by atoms with van der Waals surface area (Å²) >= 11 is 1.52. The Morgan fingerprint density at radius 3 is 2.87 bits per heavy atom. The Kier molecular flexibility index (Phi) is 3.41. The van der Waals surface area contributed by atoms with Gasteiger partial charge in [-0.05, 0) is 24.6 Å². The first-order valence-electron chi connectivity index (χ1n) is 7.73. The molecule has 1 unspecified atom stereocenters. The number of amides is 2. The van der Waals surface area contributed by atoms with Crippen molar-refractivity contribution < 1.29 is 9.59 Å². The number of fused-ring (bicyclic) bond motifs is 1. The largest absolute Gasteiger partial charge is 0.335 e. The third kappa shape index (κ3) is 2.53. The van der Waals surface area contributed by atoms with Crippen LogP contribution in [0, 0.1) is 12.8 Å².